The van der Waals surface area contributed by atoms with Crippen LogP contribution in [-0.4, -0.2) is 249 Å². The number of hydrogen-bond donors (Lipinski definition) is 0. The van der Waals surface area contributed by atoms with E-state index in [2.05, 4.69) is 0 Å². The summed E-state index contributed by atoms with van der Waals surface area (Å²) in [4.78, 5) is 71.3. The number of methoxy groups -OCH3 is 4. The smallest absolute Gasteiger partial charge is 0.307 e. The van der Waals surface area contributed by atoms with Crippen LogP contribution in [0.5, 0.6) is 11.5 Å². The summed E-state index contributed by atoms with van der Waals surface area (Å²) in [6.45, 7) is 7.77. The molecule has 0 atom stereocenters. The summed E-state index contributed by atoms with van der Waals surface area (Å²) in [5, 5.41) is 0. The quantitative estimate of drug-likeness (QED) is 0.0390. The van der Waals surface area contributed by atoms with Gasteiger partial charge in [0.25, 0.3) is 0 Å². The molecule has 0 N–H and O–H groups in total. The molecular formula is C55H86ClN3O22. The molecule has 3 rings (SSSR count). The van der Waals surface area contributed by atoms with Gasteiger partial charge in [0.15, 0.2) is 11.5 Å². The fourth-order valence-electron chi connectivity index (χ4n) is 7.29. The molecule has 2 aromatic carbocycles. The van der Waals surface area contributed by atoms with E-state index in [-0.39, 0.29) is 134 Å². The Morgan fingerprint density at radius 1 is 0.383 bits per heavy atom. The molecule has 0 spiro atoms. The minimum Gasteiger partial charge on any atom is -0.463 e. The number of alkyl halides is 1. The van der Waals surface area contributed by atoms with Crippen LogP contribution in [0, 0.1) is 0 Å². The highest BCUT2D eigenvalue weighted by Gasteiger charge is 2.31. The van der Waals surface area contributed by atoms with E-state index in [0.717, 1.165) is 0 Å². The Labute approximate surface area is 480 Å². The Bertz CT molecular complexity index is 1820. The second kappa shape index (κ2) is 46.5. The predicted molar refractivity (Wildman–Crippen MR) is 296 cm³/mol. The Morgan fingerprint density at radius 2 is 0.642 bits per heavy atom. The number of amides is 1. The van der Waals surface area contributed by atoms with Gasteiger partial charge in [-0.2, -0.15) is 0 Å². The molecule has 0 saturated carbocycles. The molecule has 1 aliphatic heterocycles. The van der Waals surface area contributed by atoms with E-state index in [4.69, 9.17) is 92.1 Å². The van der Waals surface area contributed by atoms with Crippen molar-refractivity contribution in [2.45, 2.75) is 32.1 Å². The van der Waals surface area contributed by atoms with Gasteiger partial charge in [0, 0.05) is 90.4 Å². The summed E-state index contributed by atoms with van der Waals surface area (Å²) in [5.74, 6) is -1.64. The zero-order valence-electron chi connectivity index (χ0n) is 47.7. The molecule has 26 heteroatoms. The van der Waals surface area contributed by atoms with Gasteiger partial charge in [-0.05, 0) is 24.3 Å². The van der Waals surface area contributed by atoms with Gasteiger partial charge in [-0.1, -0.05) is 0 Å². The summed E-state index contributed by atoms with van der Waals surface area (Å²) in [5.41, 5.74) is 1.97. The summed E-state index contributed by atoms with van der Waals surface area (Å²) in [6, 6.07) is 10.4. The van der Waals surface area contributed by atoms with E-state index in [1.165, 1.54) is 4.90 Å². The van der Waals surface area contributed by atoms with Crippen molar-refractivity contribution in [3.05, 3.63) is 36.4 Å². The van der Waals surface area contributed by atoms with Crippen LogP contribution in [0.1, 0.15) is 32.1 Å². The van der Waals surface area contributed by atoms with Gasteiger partial charge < -0.3 is 90.3 Å². The standard InChI is InChI=1S/C55H86ClN3O22/c1-65-19-23-69-27-31-73-35-39-77-52(61)10-15-57(16-11-53(62)78-40-36-74-32-28-70-24-20-66-2)45-5-7-47-49(43-45)81-50-44-46(6-8-48(50)59(47)51(60)9-14-56)58(17-12-54(63)79-41-37-75-33-29-71-25-21-67-3)18-13-55(64)80-42-38-76-34-30-72-26-22-68-4/h5-8,43-44H,9-42H2,1-4H3. The second-order valence-corrected chi connectivity index (χ2v) is 17.7. The van der Waals surface area contributed by atoms with Crippen LogP contribution >= 0.6 is 11.6 Å². The van der Waals surface area contributed by atoms with Crippen molar-refractivity contribution < 1.29 is 104 Å². The van der Waals surface area contributed by atoms with Crippen molar-refractivity contribution in [2.24, 2.45) is 0 Å². The molecule has 0 unspecified atom stereocenters. The van der Waals surface area contributed by atoms with Crippen LogP contribution < -0.4 is 19.4 Å². The zero-order valence-corrected chi connectivity index (χ0v) is 48.5. The average Bonchev–Trinajstić information content (AvgIpc) is 3.46. The van der Waals surface area contributed by atoms with Crippen LogP contribution in [0.25, 0.3) is 0 Å². The molecule has 0 radical (unpaired) electrons. The third-order valence-electron chi connectivity index (χ3n) is 11.4. The first-order valence-electron chi connectivity index (χ1n) is 27.2. The maximum Gasteiger partial charge on any atom is 0.307 e. The van der Waals surface area contributed by atoms with Gasteiger partial charge >= 0.3 is 23.9 Å². The molecule has 1 amide bonds. The largest absolute Gasteiger partial charge is 0.463 e. The van der Waals surface area contributed by atoms with Crippen molar-refractivity contribution in [1.29, 1.82) is 0 Å². The van der Waals surface area contributed by atoms with Crippen molar-refractivity contribution in [3.63, 3.8) is 0 Å². The highest BCUT2D eigenvalue weighted by molar-refractivity contribution is 6.20. The van der Waals surface area contributed by atoms with Crippen LogP contribution in [-0.2, 0) is 99.8 Å². The van der Waals surface area contributed by atoms with Crippen LogP contribution in [0.2, 0.25) is 0 Å². The summed E-state index contributed by atoms with van der Waals surface area (Å²) < 4.78 is 91.9. The number of esters is 4. The SMILES string of the molecule is COCCOCCOCCOC(=O)CCN(CCC(=O)OCCOCCOCCOC)c1ccc2c(c1)Oc1cc(N(CCC(=O)OCCOCCOCCOC)CCC(=O)OCCOCCOCCOC)ccc1N2C(=O)CCCl. The van der Waals surface area contributed by atoms with Crippen LogP contribution in [0.15, 0.2) is 36.4 Å². The molecule has 0 saturated heterocycles. The summed E-state index contributed by atoms with van der Waals surface area (Å²) >= 11 is 6.14. The Balaban J connectivity index is 1.81. The number of nitrogens with zero attached hydrogens (tertiary/aromatic N) is 3. The summed E-state index contributed by atoms with van der Waals surface area (Å²) in [7, 11) is 6.36. The number of fused-ring (bicyclic) bond motifs is 2. The Hall–Kier alpha value is -5.00. The van der Waals surface area contributed by atoms with Crippen molar-refractivity contribution in [2.75, 3.05) is 234 Å². The number of rotatable bonds is 52. The molecule has 25 nitrogen and oxygen atoms in total. The number of ether oxygens (including phenoxy) is 17. The molecular weight excluding hydrogens is 1090 g/mol. The minimum absolute atomic E-state index is 0.00252. The fraction of sp³-hybridized carbons (Fsp3) is 0.691. The van der Waals surface area contributed by atoms with Crippen LogP contribution in [0.4, 0.5) is 22.7 Å². The first-order chi connectivity index (χ1) is 39.6. The topological polar surface area (TPSA) is 252 Å². The lowest BCUT2D eigenvalue weighted by Gasteiger charge is -2.34. The lowest BCUT2D eigenvalue weighted by atomic mass is 10.1. The molecule has 1 heterocycles. The molecule has 460 valence electrons. The Kier molecular flexibility index (Phi) is 40.3. The van der Waals surface area contributed by atoms with Gasteiger partial charge in [-0.25, -0.2) is 0 Å². The molecule has 2 aromatic rings. The van der Waals surface area contributed by atoms with Gasteiger partial charge in [-0.3, -0.25) is 28.9 Å². The highest BCUT2D eigenvalue weighted by atomic mass is 35.5. The van der Waals surface area contributed by atoms with Gasteiger partial charge in [-0.15, -0.1) is 11.6 Å². The summed E-state index contributed by atoms with van der Waals surface area (Å²) in [6.07, 6.45) is -0.190. The number of benzene rings is 2. The van der Waals surface area contributed by atoms with Crippen LogP contribution in [0.3, 0.4) is 0 Å². The van der Waals surface area contributed by atoms with Crippen molar-refractivity contribution >= 4 is 64.1 Å². The second-order valence-electron chi connectivity index (χ2n) is 17.3. The van der Waals surface area contributed by atoms with E-state index in [1.807, 2.05) is 9.80 Å². The van der Waals surface area contributed by atoms with Gasteiger partial charge in [0.1, 0.15) is 26.4 Å². The van der Waals surface area contributed by atoms with Crippen molar-refractivity contribution in [3.8, 4) is 11.5 Å². The highest BCUT2D eigenvalue weighted by Crippen LogP contribution is 2.49. The molecule has 0 aromatic heterocycles. The van der Waals surface area contributed by atoms with Gasteiger partial charge in [0.2, 0.25) is 5.91 Å². The molecule has 0 fully saturated rings. The fourth-order valence-corrected chi connectivity index (χ4v) is 7.45. The van der Waals surface area contributed by atoms with Crippen molar-refractivity contribution in [1.82, 2.24) is 0 Å². The normalized spacial score (nSPS) is 11.6. The Morgan fingerprint density at radius 3 is 0.901 bits per heavy atom. The van der Waals surface area contributed by atoms with Gasteiger partial charge in [0.05, 0.1) is 169 Å². The zero-order chi connectivity index (χ0) is 58.4. The van der Waals surface area contributed by atoms with E-state index >= 15 is 0 Å². The first-order valence-corrected chi connectivity index (χ1v) is 27.7. The molecule has 1 aliphatic rings. The van der Waals surface area contributed by atoms with E-state index < -0.39 is 23.9 Å². The average molecular weight is 1180 g/mol. The molecule has 0 aliphatic carbocycles. The predicted octanol–water partition coefficient (Wildman–Crippen LogP) is 4.15. The van der Waals surface area contributed by atoms with E-state index in [0.29, 0.717) is 128 Å². The third kappa shape index (κ3) is 31.9. The number of carbonyl (C=O) groups is 5. The maximum atomic E-state index is 13.9. The lowest BCUT2D eigenvalue weighted by Crippen LogP contribution is -2.32. The van der Waals surface area contributed by atoms with E-state index in [9.17, 15) is 24.0 Å². The monoisotopic (exact) mass is 1180 g/mol. The third-order valence-corrected chi connectivity index (χ3v) is 11.6. The van der Waals surface area contributed by atoms with E-state index in [1.54, 1.807) is 64.8 Å². The number of carbonyl (C=O) groups excluding carboxylic acids is 5. The lowest BCUT2D eigenvalue weighted by molar-refractivity contribution is -0.146. The minimum atomic E-state index is -0.486. The number of anilines is 4. The molecule has 81 heavy (non-hydrogen) atoms. The molecule has 0 bridgehead atoms. The maximum absolute atomic E-state index is 13.9. The number of hydrogen-bond acceptors (Lipinski definition) is 24. The number of halogens is 1. The first kappa shape index (κ1) is 70.3.